The fraction of sp³-hybridized carbons (Fsp3) is 0.182. The molecule has 1 aromatic carbocycles. The molecular weight excluding hydrogens is 294 g/mol. The van der Waals surface area contributed by atoms with Gasteiger partial charge in [-0.1, -0.05) is 28.1 Å². The second kappa shape index (κ2) is 4.64. The van der Waals surface area contributed by atoms with Crippen molar-refractivity contribution in [1.29, 1.82) is 0 Å². The number of nitrogens with zero attached hydrogens (tertiary/aromatic N) is 1. The number of rotatable bonds is 2. The van der Waals surface area contributed by atoms with Crippen LogP contribution in [-0.4, -0.2) is 4.98 Å². The highest BCUT2D eigenvalue weighted by molar-refractivity contribution is 9.10. The molecule has 2 rings (SSSR count). The lowest BCUT2D eigenvalue weighted by atomic mass is 10.2. The third-order valence-electron chi connectivity index (χ3n) is 2.04. The Morgan fingerprint density at radius 2 is 2.27 bits per heavy atom. The Morgan fingerprint density at radius 3 is 2.87 bits per heavy atom. The standard InChI is InChI=1S/C11H9BrClNS/c1-7-11(15-10(6-13)14-7)8-3-2-4-9(12)5-8/h2-5H,6H2,1H3. The molecule has 78 valence electrons. The minimum atomic E-state index is 0.486. The average Bonchev–Trinajstić information content (AvgIpc) is 2.60. The molecule has 0 unspecified atom stereocenters. The van der Waals surface area contributed by atoms with Gasteiger partial charge in [0.15, 0.2) is 0 Å². The number of hydrogen-bond acceptors (Lipinski definition) is 2. The van der Waals surface area contributed by atoms with Gasteiger partial charge < -0.3 is 0 Å². The summed E-state index contributed by atoms with van der Waals surface area (Å²) < 4.78 is 1.08. The Labute approximate surface area is 106 Å². The summed E-state index contributed by atoms with van der Waals surface area (Å²) >= 11 is 10.9. The molecule has 0 amide bonds. The molecule has 0 fully saturated rings. The lowest BCUT2D eigenvalue weighted by molar-refractivity contribution is 1.18. The van der Waals surface area contributed by atoms with E-state index in [9.17, 15) is 0 Å². The third kappa shape index (κ3) is 2.41. The summed E-state index contributed by atoms with van der Waals surface area (Å²) in [5.41, 5.74) is 2.24. The molecule has 1 heterocycles. The second-order valence-electron chi connectivity index (χ2n) is 3.17. The maximum atomic E-state index is 5.77. The number of aryl methyl sites for hydroxylation is 1. The molecule has 0 saturated carbocycles. The van der Waals surface area contributed by atoms with Gasteiger partial charge in [0, 0.05) is 4.47 Å². The number of benzene rings is 1. The summed E-state index contributed by atoms with van der Waals surface area (Å²) in [5, 5.41) is 0.976. The fourth-order valence-electron chi connectivity index (χ4n) is 1.41. The van der Waals surface area contributed by atoms with Crippen molar-refractivity contribution < 1.29 is 0 Å². The van der Waals surface area contributed by atoms with E-state index < -0.39 is 0 Å². The van der Waals surface area contributed by atoms with E-state index in [1.165, 1.54) is 10.4 Å². The van der Waals surface area contributed by atoms with Crippen LogP contribution in [0.15, 0.2) is 28.7 Å². The Bertz CT molecular complexity index is 481. The SMILES string of the molecule is Cc1nc(CCl)sc1-c1cccc(Br)c1. The molecule has 15 heavy (non-hydrogen) atoms. The van der Waals surface area contributed by atoms with Crippen molar-refractivity contribution in [1.82, 2.24) is 4.98 Å². The molecular formula is C11H9BrClNS. The summed E-state index contributed by atoms with van der Waals surface area (Å²) in [6, 6.07) is 8.23. The van der Waals surface area contributed by atoms with Crippen LogP contribution in [0.5, 0.6) is 0 Å². The largest absolute Gasteiger partial charge is 0.245 e. The van der Waals surface area contributed by atoms with Crippen molar-refractivity contribution >= 4 is 38.9 Å². The average molecular weight is 303 g/mol. The van der Waals surface area contributed by atoms with E-state index in [4.69, 9.17) is 11.6 Å². The molecule has 0 spiro atoms. The zero-order chi connectivity index (χ0) is 10.8. The van der Waals surface area contributed by atoms with Crippen LogP contribution in [0.25, 0.3) is 10.4 Å². The summed E-state index contributed by atoms with van der Waals surface area (Å²) in [5.74, 6) is 0.486. The van der Waals surface area contributed by atoms with E-state index in [0.717, 1.165) is 15.2 Å². The third-order valence-corrected chi connectivity index (χ3v) is 4.15. The van der Waals surface area contributed by atoms with Crippen molar-refractivity contribution in [2.75, 3.05) is 0 Å². The van der Waals surface area contributed by atoms with E-state index >= 15 is 0 Å². The number of thiazole rings is 1. The van der Waals surface area contributed by atoms with E-state index in [-0.39, 0.29) is 0 Å². The van der Waals surface area contributed by atoms with Gasteiger partial charge in [-0.2, -0.15) is 0 Å². The van der Waals surface area contributed by atoms with Gasteiger partial charge in [-0.25, -0.2) is 4.98 Å². The first-order valence-electron chi connectivity index (χ1n) is 4.49. The lowest BCUT2D eigenvalue weighted by Crippen LogP contribution is -1.78. The van der Waals surface area contributed by atoms with Crippen molar-refractivity contribution in [3.05, 3.63) is 39.4 Å². The first-order valence-corrected chi connectivity index (χ1v) is 6.63. The zero-order valence-corrected chi connectivity index (χ0v) is 11.3. The van der Waals surface area contributed by atoms with Crippen LogP contribution in [-0.2, 0) is 5.88 Å². The minimum Gasteiger partial charge on any atom is -0.245 e. The van der Waals surface area contributed by atoms with Gasteiger partial charge in [-0.15, -0.1) is 22.9 Å². The summed E-state index contributed by atoms with van der Waals surface area (Å²) in [4.78, 5) is 5.61. The molecule has 0 N–H and O–H groups in total. The number of hydrogen-bond donors (Lipinski definition) is 0. The molecule has 1 aromatic heterocycles. The second-order valence-corrected chi connectivity index (χ2v) is 5.43. The summed E-state index contributed by atoms with van der Waals surface area (Å²) in [6.07, 6.45) is 0. The van der Waals surface area contributed by atoms with Crippen molar-refractivity contribution in [3.8, 4) is 10.4 Å². The normalized spacial score (nSPS) is 10.6. The highest BCUT2D eigenvalue weighted by atomic mass is 79.9. The van der Waals surface area contributed by atoms with Crippen molar-refractivity contribution in [2.45, 2.75) is 12.8 Å². The number of aromatic nitrogens is 1. The van der Waals surface area contributed by atoms with Gasteiger partial charge in [0.2, 0.25) is 0 Å². The van der Waals surface area contributed by atoms with E-state index in [1.807, 2.05) is 19.1 Å². The molecule has 4 heteroatoms. The molecule has 1 nitrogen and oxygen atoms in total. The molecule has 0 aliphatic carbocycles. The molecule has 0 saturated heterocycles. The maximum absolute atomic E-state index is 5.77. The minimum absolute atomic E-state index is 0.486. The maximum Gasteiger partial charge on any atom is 0.108 e. The first kappa shape index (κ1) is 11.1. The van der Waals surface area contributed by atoms with Gasteiger partial charge in [-0.3, -0.25) is 0 Å². The first-order chi connectivity index (χ1) is 7.20. The number of alkyl halides is 1. The predicted octanol–water partition coefficient (Wildman–Crippen LogP) is 4.62. The van der Waals surface area contributed by atoms with Crippen molar-refractivity contribution in [2.24, 2.45) is 0 Å². The van der Waals surface area contributed by atoms with Crippen LogP contribution in [0.2, 0.25) is 0 Å². The molecule has 0 radical (unpaired) electrons. The van der Waals surface area contributed by atoms with Crippen LogP contribution >= 0.6 is 38.9 Å². The van der Waals surface area contributed by atoms with Crippen molar-refractivity contribution in [3.63, 3.8) is 0 Å². The smallest absolute Gasteiger partial charge is 0.108 e. The highest BCUT2D eigenvalue weighted by Gasteiger charge is 2.08. The van der Waals surface area contributed by atoms with Crippen LogP contribution in [0.3, 0.4) is 0 Å². The molecule has 2 aromatic rings. The zero-order valence-electron chi connectivity index (χ0n) is 8.13. The Morgan fingerprint density at radius 1 is 1.47 bits per heavy atom. The Balaban J connectivity index is 2.48. The summed E-state index contributed by atoms with van der Waals surface area (Å²) in [6.45, 7) is 2.02. The van der Waals surface area contributed by atoms with Gasteiger partial charge in [-0.05, 0) is 24.6 Å². The molecule has 0 aliphatic heterocycles. The summed E-state index contributed by atoms with van der Waals surface area (Å²) in [7, 11) is 0. The van der Waals surface area contributed by atoms with Gasteiger partial charge >= 0.3 is 0 Å². The van der Waals surface area contributed by atoms with E-state index in [2.05, 4.69) is 33.0 Å². The highest BCUT2D eigenvalue weighted by Crippen LogP contribution is 2.31. The molecule has 0 bridgehead atoms. The van der Waals surface area contributed by atoms with E-state index in [0.29, 0.717) is 5.88 Å². The van der Waals surface area contributed by atoms with Gasteiger partial charge in [0.25, 0.3) is 0 Å². The number of halogens is 2. The predicted molar refractivity (Wildman–Crippen MR) is 69.5 cm³/mol. The molecule has 0 aliphatic rings. The van der Waals surface area contributed by atoms with Gasteiger partial charge in [0.1, 0.15) is 5.01 Å². The molecule has 0 atom stereocenters. The van der Waals surface area contributed by atoms with Crippen LogP contribution in [0, 0.1) is 6.92 Å². The Hall–Kier alpha value is -0.380. The lowest BCUT2D eigenvalue weighted by Gasteiger charge is -1.98. The van der Waals surface area contributed by atoms with Crippen LogP contribution < -0.4 is 0 Å². The van der Waals surface area contributed by atoms with Crippen LogP contribution in [0.1, 0.15) is 10.7 Å². The monoisotopic (exact) mass is 301 g/mol. The van der Waals surface area contributed by atoms with Gasteiger partial charge in [0.05, 0.1) is 16.5 Å². The van der Waals surface area contributed by atoms with Crippen LogP contribution in [0.4, 0.5) is 0 Å². The topological polar surface area (TPSA) is 12.9 Å². The Kier molecular flexibility index (Phi) is 3.44. The quantitative estimate of drug-likeness (QED) is 0.738. The fourth-order valence-corrected chi connectivity index (χ4v) is 2.94. The van der Waals surface area contributed by atoms with E-state index in [1.54, 1.807) is 11.3 Å².